The molecule has 14 rings (SSSR count). The van der Waals surface area contributed by atoms with Gasteiger partial charge in [0.2, 0.25) is 6.71 Å². The van der Waals surface area contributed by atoms with Crippen LogP contribution in [-0.4, -0.2) is 11.3 Å². The molecule has 1 aliphatic carbocycles. The van der Waals surface area contributed by atoms with E-state index in [1.54, 1.807) is 0 Å². The average Bonchev–Trinajstić information content (AvgIpc) is 4.01. The van der Waals surface area contributed by atoms with Crippen molar-refractivity contribution in [3.8, 4) is 39.1 Å². The third-order valence-corrected chi connectivity index (χ3v) is 13.7. The highest BCUT2D eigenvalue weighted by Gasteiger charge is 2.54. The molecule has 0 saturated heterocycles. The number of para-hydroxylation sites is 3. The summed E-state index contributed by atoms with van der Waals surface area (Å²) in [6, 6.07) is 72.3. The van der Waals surface area contributed by atoms with E-state index in [0.717, 1.165) is 33.2 Å². The Hall–Kier alpha value is -7.36. The Morgan fingerprint density at radius 3 is 1.91 bits per heavy atom. The minimum Gasteiger partial charge on any atom is -0.455 e. The average molecular weight is 734 g/mol. The molecule has 11 aromatic rings. The first kappa shape index (κ1) is 30.8. The van der Waals surface area contributed by atoms with E-state index in [-0.39, 0.29) is 6.71 Å². The van der Waals surface area contributed by atoms with Crippen LogP contribution in [0, 0.1) is 0 Å². The molecule has 0 saturated carbocycles. The number of benzene rings is 9. The molecular formula is C55H32BNO. The van der Waals surface area contributed by atoms with Crippen molar-refractivity contribution in [2.45, 2.75) is 5.41 Å². The van der Waals surface area contributed by atoms with Gasteiger partial charge in [0.05, 0.1) is 16.4 Å². The first-order chi connectivity index (χ1) is 28.8. The Labute approximate surface area is 335 Å². The maximum Gasteiger partial charge on any atom is 0.243 e. The molecule has 0 atom stereocenters. The number of furan rings is 1. The summed E-state index contributed by atoms with van der Waals surface area (Å²) in [4.78, 5) is 0. The van der Waals surface area contributed by atoms with E-state index in [1.807, 2.05) is 0 Å². The molecule has 2 aromatic heterocycles. The SMILES string of the molecule is c1ccc(-n2c3ccccc3c3c(-c4ccc5c(c4)B4c6ccccc6C6(c7ccccc7-c7ccccc76)c6cccc-5c64)c4oc5ccccc5c4cc32)cc1. The van der Waals surface area contributed by atoms with Crippen molar-refractivity contribution in [1.82, 2.24) is 4.57 Å². The van der Waals surface area contributed by atoms with Crippen LogP contribution in [0.4, 0.5) is 0 Å². The Bertz CT molecular complexity index is 3540. The zero-order chi connectivity index (χ0) is 37.7. The van der Waals surface area contributed by atoms with Gasteiger partial charge in [0.25, 0.3) is 0 Å². The topological polar surface area (TPSA) is 18.1 Å². The first-order valence-corrected chi connectivity index (χ1v) is 20.3. The minimum atomic E-state index is -0.401. The summed E-state index contributed by atoms with van der Waals surface area (Å²) in [5.41, 5.74) is 22.3. The summed E-state index contributed by atoms with van der Waals surface area (Å²) < 4.78 is 9.38. The van der Waals surface area contributed by atoms with Gasteiger partial charge in [-0.05, 0) is 80.4 Å². The highest BCUT2D eigenvalue weighted by molar-refractivity contribution is 7.00. The highest BCUT2D eigenvalue weighted by Crippen LogP contribution is 2.57. The normalized spacial score (nSPS) is 14.0. The number of nitrogens with zero attached hydrogens (tertiary/aromatic N) is 1. The molecule has 2 aliphatic heterocycles. The number of fused-ring (bicyclic) bond motifs is 18. The summed E-state index contributed by atoms with van der Waals surface area (Å²) in [6.45, 7) is 0.0962. The largest absolute Gasteiger partial charge is 0.455 e. The van der Waals surface area contributed by atoms with Gasteiger partial charge in [0.15, 0.2) is 0 Å². The molecule has 0 amide bonds. The number of hydrogen-bond acceptors (Lipinski definition) is 1. The van der Waals surface area contributed by atoms with Crippen LogP contribution < -0.4 is 16.4 Å². The second-order valence-corrected chi connectivity index (χ2v) is 16.2. The van der Waals surface area contributed by atoms with E-state index < -0.39 is 5.41 Å². The van der Waals surface area contributed by atoms with E-state index in [9.17, 15) is 0 Å². The summed E-state index contributed by atoms with van der Waals surface area (Å²) in [5, 5.41) is 4.69. The van der Waals surface area contributed by atoms with Gasteiger partial charge in [-0.2, -0.15) is 0 Å². The molecule has 58 heavy (non-hydrogen) atoms. The van der Waals surface area contributed by atoms with Gasteiger partial charge in [-0.1, -0.05) is 180 Å². The maximum atomic E-state index is 6.95. The third-order valence-electron chi connectivity index (χ3n) is 13.7. The predicted molar refractivity (Wildman–Crippen MR) is 241 cm³/mol. The molecule has 0 unspecified atom stereocenters. The van der Waals surface area contributed by atoms with Gasteiger partial charge in [0, 0.05) is 32.8 Å². The van der Waals surface area contributed by atoms with Gasteiger partial charge in [0.1, 0.15) is 11.2 Å². The first-order valence-electron chi connectivity index (χ1n) is 20.3. The Balaban J connectivity index is 1.09. The molecule has 2 nitrogen and oxygen atoms in total. The molecule has 0 fully saturated rings. The number of hydrogen-bond donors (Lipinski definition) is 0. The van der Waals surface area contributed by atoms with E-state index >= 15 is 0 Å². The fourth-order valence-corrected chi connectivity index (χ4v) is 11.6. The zero-order valence-electron chi connectivity index (χ0n) is 31.4. The zero-order valence-corrected chi connectivity index (χ0v) is 31.4. The van der Waals surface area contributed by atoms with Gasteiger partial charge in [-0.3, -0.25) is 0 Å². The van der Waals surface area contributed by atoms with Crippen molar-refractivity contribution in [2.75, 3.05) is 0 Å². The van der Waals surface area contributed by atoms with E-state index in [0.29, 0.717) is 0 Å². The van der Waals surface area contributed by atoms with Crippen molar-refractivity contribution < 1.29 is 4.42 Å². The monoisotopic (exact) mass is 733 g/mol. The third kappa shape index (κ3) is 3.62. The van der Waals surface area contributed by atoms with E-state index in [2.05, 4.69) is 199 Å². The van der Waals surface area contributed by atoms with Crippen LogP contribution in [0.3, 0.4) is 0 Å². The number of rotatable bonds is 2. The second-order valence-electron chi connectivity index (χ2n) is 16.2. The lowest BCUT2D eigenvalue weighted by Gasteiger charge is -2.42. The lowest BCUT2D eigenvalue weighted by molar-refractivity contribution is 0.670. The summed E-state index contributed by atoms with van der Waals surface area (Å²) in [5.74, 6) is 0. The molecule has 3 aliphatic rings. The van der Waals surface area contributed by atoms with Crippen LogP contribution in [0.1, 0.15) is 22.3 Å². The lowest BCUT2D eigenvalue weighted by Crippen LogP contribution is -2.59. The standard InChI is InChI=1S/C55H32BNO/c1-2-15-34(16-3-1)57-48-27-12-6-20-40(48)52-49(57)32-41-38-19-7-13-28-50(38)58-54(41)51(52)33-29-30-37-39-21-14-25-45-53(39)56(47(37)31-33)46-26-11-10-24-44(46)55(45)42-22-8-4-17-35(42)36-18-5-9-23-43(36)55/h1-32H. The van der Waals surface area contributed by atoms with Crippen molar-refractivity contribution in [3.63, 3.8) is 0 Å². The van der Waals surface area contributed by atoms with Crippen LogP contribution >= 0.6 is 0 Å². The number of aromatic nitrogens is 1. The molecule has 266 valence electrons. The Morgan fingerprint density at radius 2 is 1.09 bits per heavy atom. The highest BCUT2D eigenvalue weighted by atomic mass is 16.3. The molecule has 1 spiro atoms. The summed E-state index contributed by atoms with van der Waals surface area (Å²) >= 11 is 0. The van der Waals surface area contributed by atoms with Crippen LogP contribution in [-0.2, 0) is 5.41 Å². The van der Waals surface area contributed by atoms with Crippen molar-refractivity contribution in [2.24, 2.45) is 0 Å². The van der Waals surface area contributed by atoms with E-state index in [4.69, 9.17) is 4.42 Å². The van der Waals surface area contributed by atoms with Crippen LogP contribution in [0.25, 0.3) is 82.8 Å². The molecule has 9 aromatic carbocycles. The Morgan fingerprint density at radius 1 is 0.431 bits per heavy atom. The summed E-state index contributed by atoms with van der Waals surface area (Å²) in [6.07, 6.45) is 0. The van der Waals surface area contributed by atoms with Crippen molar-refractivity contribution >= 4 is 66.8 Å². The minimum absolute atomic E-state index is 0.0962. The van der Waals surface area contributed by atoms with Crippen LogP contribution in [0.15, 0.2) is 199 Å². The maximum absolute atomic E-state index is 6.95. The molecule has 0 bridgehead atoms. The summed E-state index contributed by atoms with van der Waals surface area (Å²) in [7, 11) is 0. The van der Waals surface area contributed by atoms with Gasteiger partial charge in [-0.25, -0.2) is 0 Å². The molecule has 4 heterocycles. The second kappa shape index (κ2) is 10.9. The van der Waals surface area contributed by atoms with Crippen molar-refractivity contribution in [1.29, 1.82) is 0 Å². The fraction of sp³-hybridized carbons (Fsp3) is 0.0182. The van der Waals surface area contributed by atoms with Gasteiger partial charge >= 0.3 is 0 Å². The molecule has 0 radical (unpaired) electrons. The quantitative estimate of drug-likeness (QED) is 0.162. The van der Waals surface area contributed by atoms with Gasteiger partial charge in [-0.15, -0.1) is 0 Å². The predicted octanol–water partition coefficient (Wildman–Crippen LogP) is 11.5. The van der Waals surface area contributed by atoms with Gasteiger partial charge < -0.3 is 8.98 Å². The smallest absolute Gasteiger partial charge is 0.243 e. The Kier molecular flexibility index (Phi) is 5.81. The lowest BCUT2D eigenvalue weighted by atomic mass is 9.32. The van der Waals surface area contributed by atoms with Crippen molar-refractivity contribution in [3.05, 3.63) is 216 Å². The van der Waals surface area contributed by atoms with Crippen LogP contribution in [0.2, 0.25) is 0 Å². The molecule has 3 heteroatoms. The van der Waals surface area contributed by atoms with E-state index in [1.165, 1.54) is 88.3 Å². The van der Waals surface area contributed by atoms with Crippen LogP contribution in [0.5, 0.6) is 0 Å². The molecular weight excluding hydrogens is 701 g/mol. The molecule has 0 N–H and O–H groups in total. The fourth-order valence-electron chi connectivity index (χ4n) is 11.6.